The van der Waals surface area contributed by atoms with E-state index in [0.29, 0.717) is 12.1 Å². The third-order valence-corrected chi connectivity index (χ3v) is 9.44. The Bertz CT molecular complexity index is 1550. The number of Topliss-reactive ketones (excluding diaryl/α,β-unsaturated/α-hetero) is 2. The topological polar surface area (TPSA) is 173 Å². The molecule has 1 saturated carbocycles. The molecule has 0 spiro atoms. The number of carbonyl (C=O) groups excluding carboxylic acids is 3. The Morgan fingerprint density at radius 2 is 1.83 bits per heavy atom. The molecule has 11 heteroatoms. The van der Waals surface area contributed by atoms with Crippen molar-refractivity contribution in [1.29, 1.82) is 0 Å². The smallest absolute Gasteiger partial charge is 0.255 e. The SMILES string of the molecule is CN(C)C1C(=O)C(C(N)=O)=C(O)C2(O)C(=O)C3=C(O)c4c(O)ccc(-c5ccc(CNC(C)(C)C)s5)c4CC3CC12. The number of aliphatic hydroxyl groups is 3. The average Bonchev–Trinajstić information content (AvgIpc) is 3.33. The number of likely N-dealkylation sites (N-methyl/N-ethyl adjacent to an activating group) is 1. The molecule has 1 amide bonds. The summed E-state index contributed by atoms with van der Waals surface area (Å²) in [5.41, 5.74) is 3.21. The fourth-order valence-corrected chi connectivity index (χ4v) is 7.44. The molecule has 4 unspecified atom stereocenters. The average molecular weight is 582 g/mol. The third kappa shape index (κ3) is 4.47. The lowest BCUT2D eigenvalue weighted by Crippen LogP contribution is -2.65. The van der Waals surface area contributed by atoms with Crippen molar-refractivity contribution in [3.8, 4) is 16.2 Å². The van der Waals surface area contributed by atoms with Gasteiger partial charge in [0, 0.05) is 33.3 Å². The van der Waals surface area contributed by atoms with Crippen LogP contribution in [0.2, 0.25) is 0 Å². The maximum Gasteiger partial charge on any atom is 0.255 e. The van der Waals surface area contributed by atoms with Gasteiger partial charge in [-0.25, -0.2) is 0 Å². The van der Waals surface area contributed by atoms with Gasteiger partial charge in [0.25, 0.3) is 5.91 Å². The molecule has 0 aliphatic heterocycles. The molecule has 7 N–H and O–H groups in total. The lowest BCUT2D eigenvalue weighted by molar-refractivity contribution is -0.153. The number of carbonyl (C=O) groups is 3. The molecule has 0 radical (unpaired) electrons. The molecule has 3 aliphatic carbocycles. The molecule has 2 aromatic rings. The first-order valence-electron chi connectivity index (χ1n) is 13.4. The largest absolute Gasteiger partial charge is 0.508 e. The van der Waals surface area contributed by atoms with E-state index in [1.54, 1.807) is 31.5 Å². The minimum atomic E-state index is -2.65. The maximum absolute atomic E-state index is 14.0. The molecule has 0 saturated heterocycles. The predicted octanol–water partition coefficient (Wildman–Crippen LogP) is 2.58. The second kappa shape index (κ2) is 9.80. The Morgan fingerprint density at radius 1 is 1.15 bits per heavy atom. The first-order valence-corrected chi connectivity index (χ1v) is 14.2. The van der Waals surface area contributed by atoms with E-state index in [1.807, 2.05) is 12.1 Å². The monoisotopic (exact) mass is 581 g/mol. The minimum absolute atomic E-state index is 0.0477. The highest BCUT2D eigenvalue weighted by Gasteiger charge is 2.64. The van der Waals surface area contributed by atoms with Crippen LogP contribution < -0.4 is 11.1 Å². The molecular weight excluding hydrogens is 546 g/mol. The lowest BCUT2D eigenvalue weighted by atomic mass is 9.57. The van der Waals surface area contributed by atoms with Crippen molar-refractivity contribution >= 4 is 34.6 Å². The van der Waals surface area contributed by atoms with Gasteiger partial charge in [-0.05, 0) is 89.0 Å². The zero-order valence-corrected chi connectivity index (χ0v) is 24.4. The van der Waals surface area contributed by atoms with Crippen LogP contribution in [-0.4, -0.2) is 74.1 Å². The first kappa shape index (κ1) is 29.0. The number of ketones is 2. The van der Waals surface area contributed by atoms with E-state index >= 15 is 0 Å². The summed E-state index contributed by atoms with van der Waals surface area (Å²) in [5.74, 6) is -6.61. The Hall–Kier alpha value is -3.51. The van der Waals surface area contributed by atoms with E-state index in [0.717, 1.165) is 15.3 Å². The Morgan fingerprint density at radius 3 is 2.44 bits per heavy atom. The molecular formula is C30H35N3O7S. The summed E-state index contributed by atoms with van der Waals surface area (Å²) < 4.78 is 0. The van der Waals surface area contributed by atoms with Gasteiger partial charge >= 0.3 is 0 Å². The van der Waals surface area contributed by atoms with Crippen LogP contribution in [0, 0.1) is 11.8 Å². The van der Waals surface area contributed by atoms with Crippen molar-refractivity contribution in [2.75, 3.05) is 14.1 Å². The normalized spacial score (nSPS) is 26.3. The van der Waals surface area contributed by atoms with Gasteiger partial charge in [-0.3, -0.25) is 19.3 Å². The fourth-order valence-electron chi connectivity index (χ4n) is 6.44. The summed E-state index contributed by atoms with van der Waals surface area (Å²) in [6, 6.07) is 6.11. The van der Waals surface area contributed by atoms with Gasteiger partial charge in [-0.2, -0.15) is 0 Å². The highest BCUT2D eigenvalue weighted by atomic mass is 32.1. The van der Waals surface area contributed by atoms with Gasteiger partial charge in [0.2, 0.25) is 5.78 Å². The van der Waals surface area contributed by atoms with Crippen LogP contribution in [0.25, 0.3) is 16.2 Å². The predicted molar refractivity (Wildman–Crippen MR) is 154 cm³/mol. The number of benzene rings is 1. The summed E-state index contributed by atoms with van der Waals surface area (Å²) in [7, 11) is 3.15. The number of nitrogens with one attached hydrogen (secondary N) is 1. The summed E-state index contributed by atoms with van der Waals surface area (Å²) in [5, 5.41) is 48.5. The highest BCUT2D eigenvalue weighted by Crippen LogP contribution is 2.53. The zero-order chi connectivity index (χ0) is 30.2. The lowest BCUT2D eigenvalue weighted by Gasteiger charge is -2.50. The van der Waals surface area contributed by atoms with Crippen molar-refractivity contribution < 1.29 is 34.8 Å². The number of primary amides is 1. The quantitative estimate of drug-likeness (QED) is 0.290. The van der Waals surface area contributed by atoms with Crippen LogP contribution in [0.1, 0.15) is 43.2 Å². The molecule has 0 bridgehead atoms. The first-order chi connectivity index (χ1) is 19.1. The number of amides is 1. The number of hydrogen-bond donors (Lipinski definition) is 6. The number of rotatable bonds is 5. The number of phenols is 1. The summed E-state index contributed by atoms with van der Waals surface area (Å²) in [6.07, 6.45) is 0.289. The number of aliphatic hydroxyl groups excluding tert-OH is 2. The van der Waals surface area contributed by atoms with Crippen molar-refractivity contribution in [1.82, 2.24) is 10.2 Å². The van der Waals surface area contributed by atoms with Gasteiger partial charge in [-0.15, -0.1) is 11.3 Å². The number of aromatic hydroxyl groups is 1. The Balaban J connectivity index is 1.64. The summed E-state index contributed by atoms with van der Waals surface area (Å²) >= 11 is 1.58. The minimum Gasteiger partial charge on any atom is -0.508 e. The van der Waals surface area contributed by atoms with E-state index in [-0.39, 0.29) is 35.3 Å². The van der Waals surface area contributed by atoms with Gasteiger partial charge in [0.1, 0.15) is 22.8 Å². The van der Waals surface area contributed by atoms with Crippen molar-refractivity contribution in [3.05, 3.63) is 57.2 Å². The highest BCUT2D eigenvalue weighted by molar-refractivity contribution is 7.15. The molecule has 1 fully saturated rings. The van der Waals surface area contributed by atoms with Gasteiger partial charge in [0.15, 0.2) is 11.4 Å². The van der Waals surface area contributed by atoms with E-state index in [2.05, 4.69) is 26.1 Å². The number of phenolic OH excluding ortho intramolecular Hbond substituents is 1. The third-order valence-electron chi connectivity index (χ3n) is 8.32. The van der Waals surface area contributed by atoms with Crippen LogP contribution in [0.15, 0.2) is 41.2 Å². The van der Waals surface area contributed by atoms with Gasteiger partial charge in [0.05, 0.1) is 11.6 Å². The van der Waals surface area contributed by atoms with Crippen LogP contribution in [0.5, 0.6) is 5.75 Å². The number of thiophene rings is 1. The van der Waals surface area contributed by atoms with Crippen LogP contribution in [-0.2, 0) is 27.3 Å². The second-order valence-corrected chi connectivity index (χ2v) is 13.5. The number of nitrogens with zero attached hydrogens (tertiary/aromatic N) is 1. The number of nitrogens with two attached hydrogens (primary N) is 1. The fraction of sp³-hybridized carbons (Fsp3) is 0.433. The van der Waals surface area contributed by atoms with Crippen LogP contribution >= 0.6 is 11.3 Å². The molecule has 5 rings (SSSR count). The van der Waals surface area contributed by atoms with E-state index in [9.17, 15) is 34.8 Å². The molecule has 41 heavy (non-hydrogen) atoms. The van der Waals surface area contributed by atoms with Gasteiger partial charge < -0.3 is 31.5 Å². The molecule has 1 aromatic heterocycles. The van der Waals surface area contributed by atoms with E-state index in [1.165, 1.54) is 11.0 Å². The summed E-state index contributed by atoms with van der Waals surface area (Å²) in [6.45, 7) is 6.93. The Labute approximate surface area is 241 Å². The van der Waals surface area contributed by atoms with Crippen molar-refractivity contribution in [2.45, 2.75) is 57.3 Å². The van der Waals surface area contributed by atoms with Crippen LogP contribution in [0.4, 0.5) is 0 Å². The molecule has 1 heterocycles. The maximum atomic E-state index is 14.0. The van der Waals surface area contributed by atoms with E-state index in [4.69, 9.17) is 5.73 Å². The van der Waals surface area contributed by atoms with Crippen LogP contribution in [0.3, 0.4) is 0 Å². The molecule has 218 valence electrons. The van der Waals surface area contributed by atoms with Crippen molar-refractivity contribution in [2.24, 2.45) is 17.6 Å². The van der Waals surface area contributed by atoms with Gasteiger partial charge in [-0.1, -0.05) is 0 Å². The molecule has 4 atom stereocenters. The Kier molecular flexibility index (Phi) is 6.93. The number of hydrogen-bond acceptors (Lipinski definition) is 10. The van der Waals surface area contributed by atoms with Crippen molar-refractivity contribution in [3.63, 3.8) is 0 Å². The van der Waals surface area contributed by atoms with E-state index < -0.39 is 58.0 Å². The molecule has 10 nitrogen and oxygen atoms in total. The zero-order valence-electron chi connectivity index (χ0n) is 23.6. The molecule has 1 aromatic carbocycles. The molecule has 3 aliphatic rings. The summed E-state index contributed by atoms with van der Waals surface area (Å²) in [4.78, 5) is 42.9. The second-order valence-electron chi connectivity index (χ2n) is 12.3. The number of fused-ring (bicyclic) bond motifs is 3. The standard InChI is InChI=1S/C30H35N3O7S/c1-29(2,3)32-12-14-6-9-19(41-14)15-7-8-18(34)21-16(15)10-13-11-17-23(33(4)5)25(36)22(28(31)39)27(38)30(17,40)26(37)20(13)24(21)35/h6-9,13,17,23,32,34-35,38,40H,10-12H2,1-5H3,(H2,31,39).